The fourth-order valence-electron chi connectivity index (χ4n) is 3.06. The van der Waals surface area contributed by atoms with Crippen molar-refractivity contribution in [3.8, 4) is 0 Å². The Hall–Kier alpha value is -4.74. The number of rotatable bonds is 21. The first-order valence-electron chi connectivity index (χ1n) is 13.3. The van der Waals surface area contributed by atoms with Crippen LogP contribution in [0, 0.1) is 0 Å². The molecule has 0 fully saturated rings. The Kier molecular flexibility index (Phi) is 17.7. The SMILES string of the molecule is C=CC(=O)OCCCCOC(=O)c1ccc(C(=O)OCCCCOC(=O)C=C)c(C(=O)OCCCCOC(=O)C=C)c1. The summed E-state index contributed by atoms with van der Waals surface area (Å²) in [5.41, 5.74) is -0.292. The van der Waals surface area contributed by atoms with Gasteiger partial charge >= 0.3 is 35.8 Å². The van der Waals surface area contributed by atoms with Crippen molar-refractivity contribution in [1.29, 1.82) is 0 Å². The van der Waals surface area contributed by atoms with Gasteiger partial charge in [-0.05, 0) is 56.7 Å². The van der Waals surface area contributed by atoms with Gasteiger partial charge in [-0.15, -0.1) is 0 Å². The van der Waals surface area contributed by atoms with Crippen LogP contribution in [0.15, 0.2) is 56.2 Å². The molecule has 0 aromatic heterocycles. The molecule has 1 aromatic rings. The van der Waals surface area contributed by atoms with Gasteiger partial charge in [-0.2, -0.15) is 0 Å². The molecule has 0 spiro atoms. The van der Waals surface area contributed by atoms with Crippen LogP contribution >= 0.6 is 0 Å². The van der Waals surface area contributed by atoms with E-state index in [2.05, 4.69) is 19.7 Å². The van der Waals surface area contributed by atoms with E-state index >= 15 is 0 Å². The summed E-state index contributed by atoms with van der Waals surface area (Å²) in [6, 6.07) is 3.78. The quantitative estimate of drug-likeness (QED) is 0.0889. The van der Waals surface area contributed by atoms with Crippen molar-refractivity contribution in [2.45, 2.75) is 38.5 Å². The molecule has 0 saturated heterocycles. The minimum Gasteiger partial charge on any atom is -0.463 e. The van der Waals surface area contributed by atoms with Crippen LogP contribution in [0.4, 0.5) is 0 Å². The molecule has 0 N–H and O–H groups in total. The van der Waals surface area contributed by atoms with Crippen molar-refractivity contribution in [3.05, 3.63) is 72.9 Å². The Morgan fingerprint density at radius 3 is 1.19 bits per heavy atom. The van der Waals surface area contributed by atoms with Crippen molar-refractivity contribution >= 4 is 35.8 Å². The van der Waals surface area contributed by atoms with Gasteiger partial charge in [-0.25, -0.2) is 28.8 Å². The molecule has 228 valence electrons. The van der Waals surface area contributed by atoms with E-state index in [0.717, 1.165) is 18.2 Å². The van der Waals surface area contributed by atoms with Gasteiger partial charge in [0, 0.05) is 18.2 Å². The summed E-state index contributed by atoms with van der Waals surface area (Å²) in [6.45, 7) is 10.3. The normalized spacial score (nSPS) is 10.0. The highest BCUT2D eigenvalue weighted by atomic mass is 16.6. The van der Waals surface area contributed by atoms with Crippen molar-refractivity contribution in [2.75, 3.05) is 39.6 Å². The second-order valence-corrected chi connectivity index (χ2v) is 8.40. The summed E-state index contributed by atoms with van der Waals surface area (Å²) >= 11 is 0. The highest BCUT2D eigenvalue weighted by Gasteiger charge is 2.22. The molecule has 12 nitrogen and oxygen atoms in total. The Morgan fingerprint density at radius 2 is 0.810 bits per heavy atom. The van der Waals surface area contributed by atoms with Crippen LogP contribution in [-0.4, -0.2) is 75.5 Å². The summed E-state index contributed by atoms with van der Waals surface area (Å²) in [5, 5.41) is 0. The van der Waals surface area contributed by atoms with Gasteiger partial charge in [-0.3, -0.25) is 0 Å². The predicted octanol–water partition coefficient (Wildman–Crippen LogP) is 3.69. The van der Waals surface area contributed by atoms with Crippen molar-refractivity contribution in [3.63, 3.8) is 0 Å². The minimum absolute atomic E-state index is 0.00566. The highest BCUT2D eigenvalue weighted by molar-refractivity contribution is 6.05. The first-order valence-corrected chi connectivity index (χ1v) is 13.3. The molecule has 1 aromatic carbocycles. The number of carbonyl (C=O) groups excluding carboxylic acids is 6. The monoisotopic (exact) mass is 588 g/mol. The third kappa shape index (κ3) is 14.6. The lowest BCUT2D eigenvalue weighted by Crippen LogP contribution is -2.17. The van der Waals surface area contributed by atoms with E-state index in [-0.39, 0.29) is 56.3 Å². The van der Waals surface area contributed by atoms with E-state index in [0.29, 0.717) is 38.5 Å². The molecular formula is C30H36O12. The van der Waals surface area contributed by atoms with E-state index in [1.54, 1.807) is 0 Å². The molecule has 1 rings (SSSR count). The second-order valence-electron chi connectivity index (χ2n) is 8.40. The Bertz CT molecular complexity index is 1120. The molecular weight excluding hydrogens is 552 g/mol. The number of benzene rings is 1. The molecule has 0 aliphatic rings. The molecule has 0 atom stereocenters. The van der Waals surface area contributed by atoms with Gasteiger partial charge in [-0.1, -0.05) is 19.7 Å². The van der Waals surface area contributed by atoms with Crippen molar-refractivity contribution in [2.24, 2.45) is 0 Å². The van der Waals surface area contributed by atoms with E-state index in [9.17, 15) is 28.8 Å². The molecule has 0 bridgehead atoms. The summed E-state index contributed by atoms with van der Waals surface area (Å²) in [6.07, 6.45) is 5.63. The van der Waals surface area contributed by atoms with Gasteiger partial charge < -0.3 is 28.4 Å². The Balaban J connectivity index is 2.78. The maximum absolute atomic E-state index is 12.9. The average Bonchev–Trinajstić information content (AvgIpc) is 3.00. The highest BCUT2D eigenvalue weighted by Crippen LogP contribution is 2.17. The first-order chi connectivity index (χ1) is 20.2. The zero-order valence-corrected chi connectivity index (χ0v) is 23.5. The van der Waals surface area contributed by atoms with Gasteiger partial charge in [0.25, 0.3) is 0 Å². The van der Waals surface area contributed by atoms with E-state index in [1.807, 2.05) is 0 Å². The van der Waals surface area contributed by atoms with Crippen LogP contribution < -0.4 is 0 Å². The number of unbranched alkanes of at least 4 members (excludes halogenated alkanes) is 3. The minimum atomic E-state index is -0.861. The predicted molar refractivity (Wildman–Crippen MR) is 148 cm³/mol. The molecule has 0 radical (unpaired) electrons. The van der Waals surface area contributed by atoms with Crippen LogP contribution in [0.5, 0.6) is 0 Å². The lowest BCUT2D eigenvalue weighted by molar-refractivity contribution is -0.138. The summed E-state index contributed by atoms with van der Waals surface area (Å²) < 4.78 is 30.3. The maximum atomic E-state index is 12.9. The molecule has 0 saturated carbocycles. The van der Waals surface area contributed by atoms with Crippen LogP contribution in [0.1, 0.15) is 69.6 Å². The number of hydrogen-bond acceptors (Lipinski definition) is 12. The van der Waals surface area contributed by atoms with Gasteiger partial charge in [0.1, 0.15) is 0 Å². The fraction of sp³-hybridized carbons (Fsp3) is 0.400. The lowest BCUT2D eigenvalue weighted by Gasteiger charge is -2.12. The largest absolute Gasteiger partial charge is 0.463 e. The van der Waals surface area contributed by atoms with Gasteiger partial charge in [0.15, 0.2) is 0 Å². The van der Waals surface area contributed by atoms with Gasteiger partial charge in [0.2, 0.25) is 0 Å². The Morgan fingerprint density at radius 1 is 0.476 bits per heavy atom. The van der Waals surface area contributed by atoms with Crippen molar-refractivity contribution < 1.29 is 57.2 Å². The molecule has 0 unspecified atom stereocenters. The van der Waals surface area contributed by atoms with E-state index in [4.69, 9.17) is 28.4 Å². The zero-order valence-electron chi connectivity index (χ0n) is 23.5. The third-order valence-corrected chi connectivity index (χ3v) is 5.24. The topological polar surface area (TPSA) is 158 Å². The smallest absolute Gasteiger partial charge is 0.339 e. The van der Waals surface area contributed by atoms with Crippen LogP contribution in [-0.2, 0) is 42.8 Å². The molecule has 0 aliphatic carbocycles. The fourth-order valence-corrected chi connectivity index (χ4v) is 3.06. The van der Waals surface area contributed by atoms with Crippen LogP contribution in [0.25, 0.3) is 0 Å². The van der Waals surface area contributed by atoms with E-state index < -0.39 is 35.8 Å². The molecule has 0 heterocycles. The molecule has 0 amide bonds. The second kappa shape index (κ2) is 21.1. The molecule has 0 aliphatic heterocycles. The zero-order chi connectivity index (χ0) is 31.2. The number of ether oxygens (including phenoxy) is 6. The maximum Gasteiger partial charge on any atom is 0.339 e. The van der Waals surface area contributed by atoms with Gasteiger partial charge in [0.05, 0.1) is 56.3 Å². The van der Waals surface area contributed by atoms with Crippen LogP contribution in [0.3, 0.4) is 0 Å². The molecule has 12 heteroatoms. The summed E-state index contributed by atoms with van der Waals surface area (Å²) in [7, 11) is 0. The first kappa shape index (κ1) is 35.3. The van der Waals surface area contributed by atoms with Crippen molar-refractivity contribution in [1.82, 2.24) is 0 Å². The third-order valence-electron chi connectivity index (χ3n) is 5.24. The average molecular weight is 589 g/mol. The van der Waals surface area contributed by atoms with Crippen LogP contribution in [0.2, 0.25) is 0 Å². The summed E-state index contributed by atoms with van der Waals surface area (Å²) in [5.74, 6) is -4.07. The van der Waals surface area contributed by atoms with E-state index in [1.165, 1.54) is 18.2 Å². The summed E-state index contributed by atoms with van der Waals surface area (Å²) in [4.78, 5) is 71.4. The Labute approximate surface area is 244 Å². The number of hydrogen-bond donors (Lipinski definition) is 0. The number of esters is 6. The molecule has 42 heavy (non-hydrogen) atoms. The number of carbonyl (C=O) groups is 6. The standard InChI is InChI=1S/C30H36O12/c1-4-25(31)37-15-7-10-18-40-28(34)22-13-14-23(29(35)41-19-11-8-16-38-26(32)5-2)24(21-22)30(36)42-20-12-9-17-39-27(33)6-3/h4-6,13-14,21H,1-3,7-12,15-20H2. The lowest BCUT2D eigenvalue weighted by atomic mass is 10.0.